The Balaban J connectivity index is 1.68. The van der Waals surface area contributed by atoms with E-state index in [0.29, 0.717) is 11.0 Å². The Morgan fingerprint density at radius 3 is 2.75 bits per heavy atom. The van der Waals surface area contributed by atoms with Crippen molar-refractivity contribution in [1.82, 2.24) is 9.97 Å². The van der Waals surface area contributed by atoms with E-state index in [0.717, 1.165) is 33.5 Å². The van der Waals surface area contributed by atoms with Crippen molar-refractivity contribution in [1.29, 1.82) is 0 Å². The molecule has 0 bridgehead atoms. The van der Waals surface area contributed by atoms with Gasteiger partial charge in [0.15, 0.2) is 6.61 Å². The van der Waals surface area contributed by atoms with E-state index in [1.54, 1.807) is 18.2 Å². The highest BCUT2D eigenvalue weighted by molar-refractivity contribution is 6.29. The number of hydrogen-bond acceptors (Lipinski definition) is 3. The lowest BCUT2D eigenvalue weighted by Gasteiger charge is -2.14. The van der Waals surface area contributed by atoms with Crippen molar-refractivity contribution in [2.24, 2.45) is 0 Å². The summed E-state index contributed by atoms with van der Waals surface area (Å²) in [7, 11) is 0. The summed E-state index contributed by atoms with van der Waals surface area (Å²) >= 11 is 5.83. The summed E-state index contributed by atoms with van der Waals surface area (Å²) in [6, 6.07) is 9.40. The van der Waals surface area contributed by atoms with Gasteiger partial charge in [-0.25, -0.2) is 4.98 Å². The first-order valence-corrected chi connectivity index (χ1v) is 7.96. The molecule has 1 amide bonds. The molecule has 0 fully saturated rings. The molecule has 2 aromatic carbocycles. The van der Waals surface area contributed by atoms with Crippen LogP contribution >= 0.6 is 11.6 Å². The second kappa shape index (κ2) is 6.53. The van der Waals surface area contributed by atoms with Crippen LogP contribution in [-0.4, -0.2) is 22.5 Å². The van der Waals surface area contributed by atoms with E-state index in [4.69, 9.17) is 16.3 Å². The predicted molar refractivity (Wildman–Crippen MR) is 95.9 cm³/mol. The quantitative estimate of drug-likeness (QED) is 0.747. The van der Waals surface area contributed by atoms with Crippen LogP contribution in [0.1, 0.15) is 16.7 Å². The molecule has 0 unspecified atom stereocenters. The summed E-state index contributed by atoms with van der Waals surface area (Å²) in [6.07, 6.45) is 0. The Bertz CT molecular complexity index is 918. The molecular weight excluding hydrogens is 326 g/mol. The lowest BCUT2D eigenvalue weighted by atomic mass is 10.1. The molecule has 1 heterocycles. The average molecular weight is 344 g/mol. The third-order valence-electron chi connectivity index (χ3n) is 3.96. The number of rotatable bonds is 4. The van der Waals surface area contributed by atoms with Crippen LogP contribution in [0.15, 0.2) is 30.3 Å². The van der Waals surface area contributed by atoms with E-state index in [-0.39, 0.29) is 12.5 Å². The summed E-state index contributed by atoms with van der Waals surface area (Å²) in [5, 5.41) is 3.13. The molecule has 0 aliphatic heterocycles. The summed E-state index contributed by atoms with van der Waals surface area (Å²) < 4.78 is 5.72. The third-order valence-corrected chi connectivity index (χ3v) is 4.14. The second-order valence-electron chi connectivity index (χ2n) is 5.75. The first-order valence-electron chi connectivity index (χ1n) is 7.59. The molecule has 24 heavy (non-hydrogen) atoms. The third kappa shape index (κ3) is 3.36. The fourth-order valence-electron chi connectivity index (χ4n) is 2.54. The maximum absolute atomic E-state index is 12.1. The highest BCUT2D eigenvalue weighted by Crippen LogP contribution is 2.25. The van der Waals surface area contributed by atoms with E-state index < -0.39 is 0 Å². The molecule has 0 aliphatic carbocycles. The van der Waals surface area contributed by atoms with Crippen LogP contribution in [0.4, 0.5) is 5.69 Å². The maximum atomic E-state index is 12.1. The highest BCUT2D eigenvalue weighted by Gasteiger charge is 2.10. The van der Waals surface area contributed by atoms with E-state index in [2.05, 4.69) is 15.3 Å². The summed E-state index contributed by atoms with van der Waals surface area (Å²) in [5.74, 6) is 0.543. The molecule has 1 aromatic heterocycles. The molecule has 0 atom stereocenters. The van der Waals surface area contributed by atoms with Gasteiger partial charge in [-0.05, 0) is 67.3 Å². The number of ether oxygens (including phenoxy) is 1. The Kier molecular flexibility index (Phi) is 4.44. The van der Waals surface area contributed by atoms with Crippen molar-refractivity contribution in [3.63, 3.8) is 0 Å². The number of nitrogens with zero attached hydrogens (tertiary/aromatic N) is 1. The van der Waals surface area contributed by atoms with E-state index in [1.165, 1.54) is 0 Å². The maximum Gasteiger partial charge on any atom is 0.262 e. The average Bonchev–Trinajstić information content (AvgIpc) is 2.90. The number of aromatic amines is 1. The number of aromatic nitrogens is 2. The standard InChI is InChI=1S/C18H18ClN3O2/c1-10-4-5-11(2)17(12(10)3)24-9-16(23)20-13-6-7-14-15(8-13)22-18(19)21-14/h4-8H,9H2,1-3H3,(H,20,23)(H,21,22). The van der Waals surface area contributed by atoms with Crippen LogP contribution in [0, 0.1) is 20.8 Å². The van der Waals surface area contributed by atoms with Gasteiger partial charge < -0.3 is 15.0 Å². The molecule has 3 aromatic rings. The molecule has 0 aliphatic rings. The zero-order chi connectivity index (χ0) is 17.3. The summed E-state index contributed by atoms with van der Waals surface area (Å²) in [5.41, 5.74) is 5.38. The van der Waals surface area contributed by atoms with Crippen molar-refractivity contribution in [2.75, 3.05) is 11.9 Å². The number of nitrogens with one attached hydrogen (secondary N) is 2. The van der Waals surface area contributed by atoms with E-state index in [9.17, 15) is 4.79 Å². The van der Waals surface area contributed by atoms with E-state index >= 15 is 0 Å². The van der Waals surface area contributed by atoms with Gasteiger partial charge in [0, 0.05) is 5.69 Å². The number of anilines is 1. The molecule has 3 rings (SSSR count). The van der Waals surface area contributed by atoms with Gasteiger partial charge in [-0.1, -0.05) is 12.1 Å². The first kappa shape index (κ1) is 16.3. The number of aryl methyl sites for hydroxylation is 2. The van der Waals surface area contributed by atoms with Crippen LogP contribution in [0.25, 0.3) is 11.0 Å². The van der Waals surface area contributed by atoms with Gasteiger partial charge >= 0.3 is 0 Å². The van der Waals surface area contributed by atoms with Gasteiger partial charge in [-0.15, -0.1) is 0 Å². The molecule has 2 N–H and O–H groups in total. The van der Waals surface area contributed by atoms with E-state index in [1.807, 2.05) is 32.9 Å². The summed E-state index contributed by atoms with van der Waals surface area (Å²) in [6.45, 7) is 5.93. The minimum absolute atomic E-state index is 0.0487. The molecular formula is C18H18ClN3O2. The number of hydrogen-bond donors (Lipinski definition) is 2. The van der Waals surface area contributed by atoms with Crippen LogP contribution < -0.4 is 10.1 Å². The van der Waals surface area contributed by atoms with Crippen molar-refractivity contribution in [2.45, 2.75) is 20.8 Å². The normalized spacial score (nSPS) is 10.8. The Morgan fingerprint density at radius 1 is 1.21 bits per heavy atom. The van der Waals surface area contributed by atoms with Crippen molar-refractivity contribution in [3.05, 3.63) is 52.3 Å². The fraction of sp³-hybridized carbons (Fsp3) is 0.222. The van der Waals surface area contributed by atoms with Gasteiger partial charge in [0.2, 0.25) is 5.28 Å². The molecule has 0 saturated carbocycles. The van der Waals surface area contributed by atoms with Gasteiger partial charge in [0.05, 0.1) is 11.0 Å². The number of carbonyl (C=O) groups excluding carboxylic acids is 1. The first-order chi connectivity index (χ1) is 11.4. The van der Waals surface area contributed by atoms with Crippen molar-refractivity contribution >= 4 is 34.2 Å². The van der Waals surface area contributed by atoms with Crippen LogP contribution in [0.5, 0.6) is 5.75 Å². The number of amides is 1. The monoisotopic (exact) mass is 343 g/mol. The number of carbonyl (C=O) groups is 1. The lowest BCUT2D eigenvalue weighted by Crippen LogP contribution is -2.20. The molecule has 6 heteroatoms. The topological polar surface area (TPSA) is 67.0 Å². The Hall–Kier alpha value is -2.53. The Labute approximate surface area is 145 Å². The second-order valence-corrected chi connectivity index (χ2v) is 6.11. The molecule has 0 saturated heterocycles. The summed E-state index contributed by atoms with van der Waals surface area (Å²) in [4.78, 5) is 19.2. The van der Waals surface area contributed by atoms with Gasteiger partial charge in [-0.3, -0.25) is 4.79 Å². The zero-order valence-corrected chi connectivity index (χ0v) is 14.5. The molecule has 0 spiro atoms. The number of benzene rings is 2. The van der Waals surface area contributed by atoms with Crippen LogP contribution in [-0.2, 0) is 4.79 Å². The molecule has 5 nitrogen and oxygen atoms in total. The highest BCUT2D eigenvalue weighted by atomic mass is 35.5. The minimum atomic E-state index is -0.222. The fourth-order valence-corrected chi connectivity index (χ4v) is 2.73. The SMILES string of the molecule is Cc1ccc(C)c(OCC(=O)Nc2ccc3nc(Cl)[nH]c3c2)c1C. The van der Waals surface area contributed by atoms with Crippen molar-refractivity contribution in [3.8, 4) is 5.75 Å². The zero-order valence-electron chi connectivity index (χ0n) is 13.7. The Morgan fingerprint density at radius 2 is 1.96 bits per heavy atom. The smallest absolute Gasteiger partial charge is 0.262 e. The number of H-pyrrole nitrogens is 1. The molecule has 0 radical (unpaired) electrons. The predicted octanol–water partition coefficient (Wildman–Crippen LogP) is 4.16. The van der Waals surface area contributed by atoms with Crippen molar-refractivity contribution < 1.29 is 9.53 Å². The molecule has 124 valence electrons. The van der Waals surface area contributed by atoms with Crippen LogP contribution in [0.2, 0.25) is 5.28 Å². The van der Waals surface area contributed by atoms with Gasteiger partial charge in [0.1, 0.15) is 5.75 Å². The number of imidazole rings is 1. The van der Waals surface area contributed by atoms with Crippen LogP contribution in [0.3, 0.4) is 0 Å². The minimum Gasteiger partial charge on any atom is -0.483 e. The van der Waals surface area contributed by atoms with Gasteiger partial charge in [0.25, 0.3) is 5.91 Å². The number of halogens is 1. The lowest BCUT2D eigenvalue weighted by molar-refractivity contribution is -0.118. The number of fused-ring (bicyclic) bond motifs is 1. The van der Waals surface area contributed by atoms with Gasteiger partial charge in [-0.2, -0.15) is 0 Å². The largest absolute Gasteiger partial charge is 0.483 e.